The lowest BCUT2D eigenvalue weighted by molar-refractivity contribution is 0.457. The van der Waals surface area contributed by atoms with Crippen molar-refractivity contribution in [3.8, 4) is 0 Å². The van der Waals surface area contributed by atoms with Gasteiger partial charge in [-0.15, -0.1) is 0 Å². The van der Waals surface area contributed by atoms with Crippen molar-refractivity contribution < 1.29 is 4.39 Å². The molecule has 0 aromatic carbocycles. The Morgan fingerprint density at radius 2 is 2.40 bits per heavy atom. The van der Waals surface area contributed by atoms with E-state index >= 15 is 0 Å². The number of amidine groups is 1. The summed E-state index contributed by atoms with van der Waals surface area (Å²) in [6.07, 6.45) is 5.04. The predicted molar refractivity (Wildman–Crippen MR) is 38.0 cm³/mol. The highest BCUT2D eigenvalue weighted by Crippen LogP contribution is 2.18. The van der Waals surface area contributed by atoms with E-state index in [1.54, 1.807) is 12.3 Å². The van der Waals surface area contributed by atoms with Crippen molar-refractivity contribution in [3.05, 3.63) is 23.9 Å². The maximum atomic E-state index is 12.8. The van der Waals surface area contributed by atoms with E-state index < -0.39 is 6.17 Å². The molecule has 1 atom stereocenters. The zero-order chi connectivity index (χ0) is 6.97. The van der Waals surface area contributed by atoms with Crippen molar-refractivity contribution in [1.29, 1.82) is 0 Å². The first kappa shape index (κ1) is 5.53. The van der Waals surface area contributed by atoms with Gasteiger partial charge in [0, 0.05) is 18.0 Å². The van der Waals surface area contributed by atoms with Gasteiger partial charge in [-0.1, -0.05) is 0 Å². The van der Waals surface area contributed by atoms with Crippen molar-refractivity contribution >= 4 is 12.1 Å². The van der Waals surface area contributed by atoms with Crippen LogP contribution in [0.4, 0.5) is 4.39 Å². The molecule has 2 rings (SSSR count). The molecule has 0 fully saturated rings. The molecular formula is C7H5FN2. The minimum atomic E-state index is -1.02. The van der Waals surface area contributed by atoms with Gasteiger partial charge in [-0.2, -0.15) is 0 Å². The summed E-state index contributed by atoms with van der Waals surface area (Å²) in [6, 6.07) is 0. The van der Waals surface area contributed by atoms with Crippen molar-refractivity contribution in [2.24, 2.45) is 9.98 Å². The Balaban J connectivity index is 2.45. The molecule has 0 radical (unpaired) electrons. The molecule has 0 N–H and O–H groups in total. The summed E-state index contributed by atoms with van der Waals surface area (Å²) in [4.78, 5) is 7.72. The van der Waals surface area contributed by atoms with Crippen molar-refractivity contribution in [3.63, 3.8) is 0 Å². The predicted octanol–water partition coefficient (Wildman–Crippen LogP) is 1.26. The zero-order valence-electron chi connectivity index (χ0n) is 5.16. The summed E-state index contributed by atoms with van der Waals surface area (Å²) in [5, 5.41) is 0. The third-order valence-electron chi connectivity index (χ3n) is 1.46. The highest BCUT2D eigenvalue weighted by molar-refractivity contribution is 6.12. The maximum Gasteiger partial charge on any atom is 0.158 e. The van der Waals surface area contributed by atoms with E-state index in [-0.39, 0.29) is 0 Å². The Morgan fingerprint density at radius 1 is 1.50 bits per heavy atom. The van der Waals surface area contributed by atoms with Crippen LogP contribution in [0.25, 0.3) is 0 Å². The lowest BCUT2D eigenvalue weighted by Crippen LogP contribution is -2.10. The van der Waals surface area contributed by atoms with E-state index in [1.807, 2.05) is 0 Å². The SMILES string of the molecule is F[C@@H]1C=CN=C2N=CC=C21. The number of alkyl halides is 1. The fraction of sp³-hybridized carbons (Fsp3) is 0.143. The van der Waals surface area contributed by atoms with Crippen LogP contribution in [-0.2, 0) is 0 Å². The van der Waals surface area contributed by atoms with Crippen LogP contribution in [-0.4, -0.2) is 18.2 Å². The number of halogens is 1. The largest absolute Gasteiger partial charge is 0.237 e. The standard InChI is InChI=1S/C7H5FN2/c8-6-2-4-10-7-5(6)1-3-9-7/h1-4,6H/t6-/m1/s1. The van der Waals surface area contributed by atoms with Crippen molar-refractivity contribution in [2.75, 3.05) is 0 Å². The van der Waals surface area contributed by atoms with Gasteiger partial charge in [-0.3, -0.25) is 0 Å². The first-order valence-electron chi connectivity index (χ1n) is 3.01. The molecule has 0 aromatic heterocycles. The van der Waals surface area contributed by atoms with Gasteiger partial charge in [0.05, 0.1) is 0 Å². The topological polar surface area (TPSA) is 24.7 Å². The molecule has 2 aliphatic heterocycles. The molecule has 50 valence electrons. The molecule has 2 nitrogen and oxygen atoms in total. The van der Waals surface area contributed by atoms with Gasteiger partial charge in [0.25, 0.3) is 0 Å². The van der Waals surface area contributed by atoms with Crippen LogP contribution in [0, 0.1) is 0 Å². The minimum Gasteiger partial charge on any atom is -0.237 e. The number of allylic oxidation sites excluding steroid dienone is 2. The summed E-state index contributed by atoms with van der Waals surface area (Å²) >= 11 is 0. The summed E-state index contributed by atoms with van der Waals surface area (Å²) < 4.78 is 12.8. The monoisotopic (exact) mass is 136 g/mol. The molecule has 2 heterocycles. The summed E-state index contributed by atoms with van der Waals surface area (Å²) in [5.41, 5.74) is 0.572. The Hall–Kier alpha value is -1.25. The van der Waals surface area contributed by atoms with E-state index in [0.717, 1.165) is 0 Å². The lowest BCUT2D eigenvalue weighted by atomic mass is 10.1. The second kappa shape index (κ2) is 1.87. The zero-order valence-corrected chi connectivity index (χ0v) is 5.16. The molecule has 10 heavy (non-hydrogen) atoms. The molecule has 3 heteroatoms. The van der Waals surface area contributed by atoms with Crippen LogP contribution in [0.15, 0.2) is 33.9 Å². The Kier molecular flexibility index (Phi) is 1.03. The second-order valence-electron chi connectivity index (χ2n) is 2.10. The smallest absolute Gasteiger partial charge is 0.158 e. The van der Waals surface area contributed by atoms with Crippen LogP contribution < -0.4 is 0 Å². The maximum absolute atomic E-state index is 12.8. The number of hydrogen-bond donors (Lipinski definition) is 0. The summed E-state index contributed by atoms with van der Waals surface area (Å²) in [5.74, 6) is 0.509. The van der Waals surface area contributed by atoms with Gasteiger partial charge < -0.3 is 0 Å². The van der Waals surface area contributed by atoms with Gasteiger partial charge in [0.15, 0.2) is 5.84 Å². The molecule has 0 unspecified atom stereocenters. The van der Waals surface area contributed by atoms with Crippen LogP contribution in [0.3, 0.4) is 0 Å². The molecule has 0 aromatic rings. The first-order chi connectivity index (χ1) is 4.88. The lowest BCUT2D eigenvalue weighted by Gasteiger charge is -2.07. The molecule has 0 saturated heterocycles. The first-order valence-corrected chi connectivity index (χ1v) is 3.01. The fourth-order valence-corrected chi connectivity index (χ4v) is 0.953. The third kappa shape index (κ3) is 0.635. The average Bonchev–Trinajstić information content (AvgIpc) is 2.36. The normalized spacial score (nSPS) is 27.9. The van der Waals surface area contributed by atoms with Crippen molar-refractivity contribution in [1.82, 2.24) is 0 Å². The highest BCUT2D eigenvalue weighted by Gasteiger charge is 2.19. The Morgan fingerprint density at radius 3 is 3.20 bits per heavy atom. The fourth-order valence-electron chi connectivity index (χ4n) is 0.953. The second-order valence-corrected chi connectivity index (χ2v) is 2.10. The Labute approximate surface area is 57.5 Å². The quantitative estimate of drug-likeness (QED) is 0.479. The number of nitrogens with zero attached hydrogens (tertiary/aromatic N) is 2. The summed E-state index contributed by atoms with van der Waals surface area (Å²) in [6.45, 7) is 0. The minimum absolute atomic E-state index is 0.509. The van der Waals surface area contributed by atoms with Gasteiger partial charge in [-0.25, -0.2) is 14.4 Å². The van der Waals surface area contributed by atoms with E-state index in [0.29, 0.717) is 11.4 Å². The van der Waals surface area contributed by atoms with Crippen molar-refractivity contribution in [2.45, 2.75) is 6.17 Å². The highest BCUT2D eigenvalue weighted by atomic mass is 19.1. The molecular weight excluding hydrogens is 131 g/mol. The van der Waals surface area contributed by atoms with E-state index in [4.69, 9.17) is 0 Å². The van der Waals surface area contributed by atoms with Crippen LogP contribution in [0.5, 0.6) is 0 Å². The van der Waals surface area contributed by atoms with E-state index in [9.17, 15) is 4.39 Å². The van der Waals surface area contributed by atoms with E-state index in [2.05, 4.69) is 9.98 Å². The molecule has 0 saturated carbocycles. The molecule has 2 aliphatic rings. The number of aliphatic imine (C=N–C) groups is 2. The van der Waals surface area contributed by atoms with Crippen LogP contribution >= 0.6 is 0 Å². The van der Waals surface area contributed by atoms with Gasteiger partial charge in [0.1, 0.15) is 6.17 Å². The average molecular weight is 136 g/mol. The van der Waals surface area contributed by atoms with E-state index in [1.165, 1.54) is 12.3 Å². The summed E-state index contributed by atoms with van der Waals surface area (Å²) in [7, 11) is 0. The number of fused-ring (bicyclic) bond motifs is 1. The number of rotatable bonds is 0. The van der Waals surface area contributed by atoms with Crippen LogP contribution in [0.1, 0.15) is 0 Å². The van der Waals surface area contributed by atoms with Gasteiger partial charge >= 0.3 is 0 Å². The number of hydrogen-bond acceptors (Lipinski definition) is 2. The molecule has 0 bridgehead atoms. The third-order valence-corrected chi connectivity index (χ3v) is 1.46. The van der Waals surface area contributed by atoms with Crippen LogP contribution in [0.2, 0.25) is 0 Å². The van der Waals surface area contributed by atoms with Gasteiger partial charge in [-0.05, 0) is 12.2 Å². The molecule has 0 spiro atoms. The Bertz CT molecular complexity index is 273. The van der Waals surface area contributed by atoms with Gasteiger partial charge in [0.2, 0.25) is 0 Å². The molecule has 0 aliphatic carbocycles. The molecule has 0 amide bonds.